The maximum atomic E-state index is 10.8. The van der Waals surface area contributed by atoms with Gasteiger partial charge in [0.1, 0.15) is 22.6 Å². The number of hydrogen-bond donors (Lipinski definition) is 1. The minimum atomic E-state index is -0.964. The summed E-state index contributed by atoms with van der Waals surface area (Å²) in [6.45, 7) is 1.64. The van der Waals surface area contributed by atoms with Crippen molar-refractivity contribution < 1.29 is 14.3 Å². The molecule has 5 nitrogen and oxygen atoms in total. The molecule has 2 heterocycles. The monoisotopic (exact) mass is 256 g/mol. The molecule has 0 saturated carbocycles. The fourth-order valence-corrected chi connectivity index (χ4v) is 2.56. The second kappa shape index (κ2) is 4.67. The van der Waals surface area contributed by atoms with Gasteiger partial charge in [-0.3, -0.25) is 0 Å². The van der Waals surface area contributed by atoms with E-state index in [1.54, 1.807) is 18.5 Å². The lowest BCUT2D eigenvalue weighted by Gasteiger charge is -1.91. The van der Waals surface area contributed by atoms with Gasteiger partial charge in [0.2, 0.25) is 0 Å². The Labute approximate surface area is 99.5 Å². The standard InChI is InChI=1S/C9H8N2O3S2/c1-5-7(8(12)13)2-6(14-5)3-15-9-11-10-4-16-9/h2,4H,3H2,1H3,(H,12,13). The highest BCUT2D eigenvalue weighted by Crippen LogP contribution is 2.25. The van der Waals surface area contributed by atoms with E-state index < -0.39 is 5.97 Å². The Balaban J connectivity index is 2.05. The topological polar surface area (TPSA) is 76.2 Å². The summed E-state index contributed by atoms with van der Waals surface area (Å²) in [6, 6.07) is 1.55. The van der Waals surface area contributed by atoms with Crippen LogP contribution in [0.5, 0.6) is 0 Å². The molecule has 2 aromatic rings. The van der Waals surface area contributed by atoms with Crippen molar-refractivity contribution in [3.63, 3.8) is 0 Å². The summed E-state index contributed by atoms with van der Waals surface area (Å²) in [7, 11) is 0. The van der Waals surface area contributed by atoms with Gasteiger partial charge in [-0.1, -0.05) is 23.1 Å². The summed E-state index contributed by atoms with van der Waals surface area (Å²) in [4.78, 5) is 10.8. The molecular weight excluding hydrogens is 248 g/mol. The van der Waals surface area contributed by atoms with E-state index in [0.717, 1.165) is 4.34 Å². The van der Waals surface area contributed by atoms with Crippen molar-refractivity contribution in [1.29, 1.82) is 0 Å². The molecule has 0 spiro atoms. The summed E-state index contributed by atoms with van der Waals surface area (Å²) < 4.78 is 6.17. The molecule has 0 unspecified atom stereocenters. The summed E-state index contributed by atoms with van der Waals surface area (Å²) in [5, 5.41) is 16.4. The molecule has 0 atom stereocenters. The predicted molar refractivity (Wildman–Crippen MR) is 59.9 cm³/mol. The second-order valence-corrected chi connectivity index (χ2v) is 5.04. The van der Waals surface area contributed by atoms with Crippen LogP contribution in [0.15, 0.2) is 20.3 Å². The third-order valence-corrected chi connectivity index (χ3v) is 3.76. The highest BCUT2D eigenvalue weighted by molar-refractivity contribution is 8.00. The number of nitrogens with zero attached hydrogens (tertiary/aromatic N) is 2. The van der Waals surface area contributed by atoms with Crippen LogP contribution in [0.3, 0.4) is 0 Å². The van der Waals surface area contributed by atoms with E-state index >= 15 is 0 Å². The zero-order valence-electron chi connectivity index (χ0n) is 8.34. The van der Waals surface area contributed by atoms with E-state index in [1.165, 1.54) is 23.1 Å². The fourth-order valence-electron chi connectivity index (χ4n) is 1.19. The Bertz CT molecular complexity index is 493. The Morgan fingerprint density at radius 3 is 3.06 bits per heavy atom. The zero-order valence-corrected chi connectivity index (χ0v) is 9.97. The van der Waals surface area contributed by atoms with E-state index in [0.29, 0.717) is 17.3 Å². The molecule has 16 heavy (non-hydrogen) atoms. The first-order chi connectivity index (χ1) is 7.66. The van der Waals surface area contributed by atoms with Crippen molar-refractivity contribution in [2.24, 2.45) is 0 Å². The van der Waals surface area contributed by atoms with Crippen LogP contribution < -0.4 is 0 Å². The van der Waals surface area contributed by atoms with Crippen molar-refractivity contribution in [2.75, 3.05) is 0 Å². The van der Waals surface area contributed by atoms with Gasteiger partial charge in [-0.2, -0.15) is 0 Å². The van der Waals surface area contributed by atoms with Gasteiger partial charge in [0.05, 0.1) is 5.75 Å². The number of carboxylic acid groups (broad SMARTS) is 1. The lowest BCUT2D eigenvalue weighted by Crippen LogP contribution is -1.94. The van der Waals surface area contributed by atoms with Gasteiger partial charge in [0.25, 0.3) is 0 Å². The number of hydrogen-bond acceptors (Lipinski definition) is 6. The first kappa shape index (κ1) is 11.2. The van der Waals surface area contributed by atoms with E-state index in [2.05, 4.69) is 10.2 Å². The number of aromatic carboxylic acids is 1. The molecule has 0 saturated heterocycles. The van der Waals surface area contributed by atoms with E-state index in [-0.39, 0.29) is 5.56 Å². The molecule has 2 rings (SSSR count). The molecule has 0 aromatic carbocycles. The molecule has 0 amide bonds. The Morgan fingerprint density at radius 2 is 2.50 bits per heavy atom. The Kier molecular flexibility index (Phi) is 3.25. The fraction of sp³-hybridized carbons (Fsp3) is 0.222. The van der Waals surface area contributed by atoms with Crippen LogP contribution in [0.2, 0.25) is 0 Å². The molecule has 0 aliphatic rings. The number of carbonyl (C=O) groups is 1. The third-order valence-electron chi connectivity index (χ3n) is 1.88. The quantitative estimate of drug-likeness (QED) is 0.847. The number of aryl methyl sites for hydroxylation is 1. The average Bonchev–Trinajstić information content (AvgIpc) is 2.83. The van der Waals surface area contributed by atoms with Crippen LogP contribution in [0.1, 0.15) is 21.9 Å². The van der Waals surface area contributed by atoms with Gasteiger partial charge < -0.3 is 9.52 Å². The molecular formula is C9H8N2O3S2. The Morgan fingerprint density at radius 1 is 1.69 bits per heavy atom. The molecule has 0 aliphatic heterocycles. The molecule has 0 aliphatic carbocycles. The number of rotatable bonds is 4. The first-order valence-corrected chi connectivity index (χ1v) is 6.25. The lowest BCUT2D eigenvalue weighted by atomic mass is 10.2. The van der Waals surface area contributed by atoms with E-state index in [9.17, 15) is 4.79 Å². The maximum Gasteiger partial charge on any atom is 0.339 e. The van der Waals surface area contributed by atoms with Gasteiger partial charge in [0.15, 0.2) is 4.34 Å². The number of furan rings is 1. The van der Waals surface area contributed by atoms with Crippen LogP contribution in [-0.4, -0.2) is 21.3 Å². The van der Waals surface area contributed by atoms with Crippen LogP contribution in [0, 0.1) is 6.92 Å². The molecule has 0 bridgehead atoms. The van der Waals surface area contributed by atoms with Gasteiger partial charge in [-0.25, -0.2) is 4.79 Å². The average molecular weight is 256 g/mol. The van der Waals surface area contributed by atoms with Crippen LogP contribution in [-0.2, 0) is 5.75 Å². The zero-order chi connectivity index (χ0) is 11.5. The van der Waals surface area contributed by atoms with Crippen LogP contribution in [0.25, 0.3) is 0 Å². The largest absolute Gasteiger partial charge is 0.478 e. The summed E-state index contributed by atoms with van der Waals surface area (Å²) in [5.41, 5.74) is 1.87. The highest BCUT2D eigenvalue weighted by Gasteiger charge is 2.13. The second-order valence-electron chi connectivity index (χ2n) is 2.98. The first-order valence-electron chi connectivity index (χ1n) is 4.38. The molecule has 0 fully saturated rings. The molecule has 2 aromatic heterocycles. The van der Waals surface area contributed by atoms with Crippen LogP contribution >= 0.6 is 23.1 Å². The molecule has 7 heteroatoms. The van der Waals surface area contributed by atoms with Crippen molar-refractivity contribution in [3.05, 3.63) is 28.7 Å². The predicted octanol–water partition coefficient (Wildman–Crippen LogP) is 2.43. The minimum absolute atomic E-state index is 0.216. The number of aromatic nitrogens is 2. The SMILES string of the molecule is Cc1oc(CSc2nncs2)cc1C(=O)O. The molecule has 84 valence electrons. The van der Waals surface area contributed by atoms with Gasteiger partial charge in [-0.15, -0.1) is 10.2 Å². The summed E-state index contributed by atoms with van der Waals surface area (Å²) >= 11 is 2.91. The maximum absolute atomic E-state index is 10.8. The molecule has 0 radical (unpaired) electrons. The van der Waals surface area contributed by atoms with Crippen molar-refractivity contribution >= 4 is 29.1 Å². The van der Waals surface area contributed by atoms with Crippen molar-refractivity contribution in [1.82, 2.24) is 10.2 Å². The molecule has 1 N–H and O–H groups in total. The minimum Gasteiger partial charge on any atom is -0.478 e. The summed E-state index contributed by atoms with van der Waals surface area (Å²) in [5.74, 6) is 0.660. The smallest absolute Gasteiger partial charge is 0.339 e. The third kappa shape index (κ3) is 2.42. The van der Waals surface area contributed by atoms with Crippen molar-refractivity contribution in [3.8, 4) is 0 Å². The van der Waals surface area contributed by atoms with Crippen LogP contribution in [0.4, 0.5) is 0 Å². The van der Waals surface area contributed by atoms with Gasteiger partial charge >= 0.3 is 5.97 Å². The number of thioether (sulfide) groups is 1. The number of carboxylic acids is 1. The van der Waals surface area contributed by atoms with E-state index in [1.807, 2.05) is 0 Å². The van der Waals surface area contributed by atoms with E-state index in [4.69, 9.17) is 9.52 Å². The summed E-state index contributed by atoms with van der Waals surface area (Å²) in [6.07, 6.45) is 0. The Hall–Kier alpha value is -1.34. The lowest BCUT2D eigenvalue weighted by molar-refractivity contribution is 0.0695. The normalized spacial score (nSPS) is 10.6. The highest BCUT2D eigenvalue weighted by atomic mass is 32.2. The van der Waals surface area contributed by atoms with Crippen molar-refractivity contribution in [2.45, 2.75) is 17.0 Å². The van der Waals surface area contributed by atoms with Gasteiger partial charge in [0, 0.05) is 0 Å². The van der Waals surface area contributed by atoms with Gasteiger partial charge in [-0.05, 0) is 13.0 Å².